The molecule has 1 aliphatic heterocycles. The SMILES string of the molecule is Cc1nc2c(c(=O)n1C(c1ccccc1)c1ccccc1)CN(CC1CCCCC1)CC2. The summed E-state index contributed by atoms with van der Waals surface area (Å²) >= 11 is 0. The topological polar surface area (TPSA) is 38.1 Å². The predicted octanol–water partition coefficient (Wildman–Crippen LogP) is 5.13. The van der Waals surface area contributed by atoms with E-state index in [1.807, 2.05) is 47.9 Å². The van der Waals surface area contributed by atoms with Crippen LogP contribution in [0.4, 0.5) is 0 Å². The molecule has 3 aromatic rings. The van der Waals surface area contributed by atoms with E-state index in [9.17, 15) is 4.79 Å². The highest BCUT2D eigenvalue weighted by atomic mass is 16.1. The number of fused-ring (bicyclic) bond motifs is 1. The summed E-state index contributed by atoms with van der Waals surface area (Å²) in [6.45, 7) is 4.84. The van der Waals surface area contributed by atoms with Crippen LogP contribution in [0, 0.1) is 12.8 Å². The van der Waals surface area contributed by atoms with Gasteiger partial charge >= 0.3 is 0 Å². The molecule has 0 unspecified atom stereocenters. The third-order valence-electron chi connectivity index (χ3n) is 7.25. The Labute approximate surface area is 190 Å². The van der Waals surface area contributed by atoms with Gasteiger partial charge in [-0.2, -0.15) is 0 Å². The molecule has 2 aliphatic rings. The molecule has 0 bridgehead atoms. The van der Waals surface area contributed by atoms with E-state index in [-0.39, 0.29) is 11.6 Å². The van der Waals surface area contributed by atoms with Crippen LogP contribution in [0.5, 0.6) is 0 Å². The molecule has 0 atom stereocenters. The standard InChI is InChI=1S/C28H33N3O/c1-21-29-26-17-18-30(19-22-11-5-2-6-12-22)20-25(26)28(32)31(21)27(23-13-7-3-8-14-23)24-15-9-4-10-16-24/h3-4,7-10,13-16,22,27H,2,5-6,11-12,17-20H2,1H3. The summed E-state index contributed by atoms with van der Waals surface area (Å²) in [5.74, 6) is 1.58. The second kappa shape index (κ2) is 9.41. The third-order valence-corrected chi connectivity index (χ3v) is 7.25. The van der Waals surface area contributed by atoms with Gasteiger partial charge in [0.25, 0.3) is 5.56 Å². The van der Waals surface area contributed by atoms with Gasteiger partial charge < -0.3 is 0 Å². The van der Waals surface area contributed by atoms with Gasteiger partial charge in [0, 0.05) is 26.1 Å². The van der Waals surface area contributed by atoms with Crippen molar-refractivity contribution in [3.8, 4) is 0 Å². The molecule has 4 heteroatoms. The first-order valence-electron chi connectivity index (χ1n) is 12.1. The Morgan fingerprint density at radius 2 is 1.56 bits per heavy atom. The van der Waals surface area contributed by atoms with Crippen molar-refractivity contribution in [1.29, 1.82) is 0 Å². The van der Waals surface area contributed by atoms with Gasteiger partial charge in [-0.15, -0.1) is 0 Å². The highest BCUT2D eigenvalue weighted by molar-refractivity contribution is 5.34. The van der Waals surface area contributed by atoms with Crippen molar-refractivity contribution in [2.45, 2.75) is 58.0 Å². The lowest BCUT2D eigenvalue weighted by Gasteiger charge is -2.33. The molecule has 4 nitrogen and oxygen atoms in total. The summed E-state index contributed by atoms with van der Waals surface area (Å²) in [6, 6.07) is 20.5. The van der Waals surface area contributed by atoms with Crippen LogP contribution in [0.2, 0.25) is 0 Å². The molecule has 1 fully saturated rings. The Balaban J connectivity index is 1.53. The first-order valence-corrected chi connectivity index (χ1v) is 12.1. The van der Waals surface area contributed by atoms with E-state index in [0.717, 1.165) is 60.2 Å². The van der Waals surface area contributed by atoms with Gasteiger partial charge in [-0.25, -0.2) is 4.98 Å². The number of benzene rings is 2. The highest BCUT2D eigenvalue weighted by Gasteiger charge is 2.28. The smallest absolute Gasteiger partial charge is 0.259 e. The van der Waals surface area contributed by atoms with E-state index in [4.69, 9.17) is 4.98 Å². The van der Waals surface area contributed by atoms with Crippen LogP contribution in [0.1, 0.15) is 66.4 Å². The molecule has 0 spiro atoms. The van der Waals surface area contributed by atoms with Crippen LogP contribution in [-0.2, 0) is 13.0 Å². The fourth-order valence-electron chi connectivity index (χ4n) is 5.62. The molecule has 1 saturated carbocycles. The fraction of sp³-hybridized carbons (Fsp3) is 0.429. The zero-order valence-electron chi connectivity index (χ0n) is 19.0. The van der Waals surface area contributed by atoms with Crippen molar-refractivity contribution >= 4 is 0 Å². The van der Waals surface area contributed by atoms with Crippen molar-refractivity contribution in [1.82, 2.24) is 14.5 Å². The Morgan fingerprint density at radius 1 is 0.938 bits per heavy atom. The molecule has 1 aromatic heterocycles. The largest absolute Gasteiger partial charge is 0.298 e. The van der Waals surface area contributed by atoms with E-state index in [1.54, 1.807) is 0 Å². The van der Waals surface area contributed by atoms with Gasteiger partial charge in [-0.3, -0.25) is 14.3 Å². The minimum absolute atomic E-state index is 0.124. The van der Waals surface area contributed by atoms with E-state index in [2.05, 4.69) is 29.2 Å². The maximum atomic E-state index is 14.0. The molecule has 1 aliphatic carbocycles. The number of rotatable bonds is 5. The Kier molecular flexibility index (Phi) is 6.22. The molecule has 5 rings (SSSR count). The molecule has 0 amide bonds. The zero-order chi connectivity index (χ0) is 21.9. The molecular weight excluding hydrogens is 394 g/mol. The van der Waals surface area contributed by atoms with Gasteiger partial charge in [0.2, 0.25) is 0 Å². The quantitative estimate of drug-likeness (QED) is 0.567. The van der Waals surface area contributed by atoms with Gasteiger partial charge in [0.1, 0.15) is 5.82 Å². The van der Waals surface area contributed by atoms with Crippen LogP contribution in [0.3, 0.4) is 0 Å². The molecule has 32 heavy (non-hydrogen) atoms. The Bertz CT molecular complexity index is 1060. The highest BCUT2D eigenvalue weighted by Crippen LogP contribution is 2.29. The Morgan fingerprint density at radius 3 is 2.19 bits per heavy atom. The summed E-state index contributed by atoms with van der Waals surface area (Å²) in [4.78, 5) is 21.4. The van der Waals surface area contributed by atoms with Crippen molar-refractivity contribution in [3.63, 3.8) is 0 Å². The molecule has 2 aromatic carbocycles. The van der Waals surface area contributed by atoms with E-state index in [0.29, 0.717) is 0 Å². The average Bonchev–Trinajstić information content (AvgIpc) is 2.84. The third kappa shape index (κ3) is 4.29. The van der Waals surface area contributed by atoms with Crippen LogP contribution >= 0.6 is 0 Å². The molecule has 166 valence electrons. The predicted molar refractivity (Wildman–Crippen MR) is 129 cm³/mol. The van der Waals surface area contributed by atoms with Crippen molar-refractivity contribution in [2.75, 3.05) is 13.1 Å². The molecule has 0 radical (unpaired) electrons. The summed E-state index contributed by atoms with van der Waals surface area (Å²) in [5.41, 5.74) is 4.25. The van der Waals surface area contributed by atoms with Crippen molar-refractivity contribution < 1.29 is 0 Å². The first kappa shape index (κ1) is 21.1. The van der Waals surface area contributed by atoms with E-state index >= 15 is 0 Å². The van der Waals surface area contributed by atoms with Crippen LogP contribution in [-0.4, -0.2) is 27.5 Å². The number of hydrogen-bond donors (Lipinski definition) is 0. The zero-order valence-corrected chi connectivity index (χ0v) is 19.0. The summed E-state index contributed by atoms with van der Waals surface area (Å²) in [6.07, 6.45) is 7.65. The second-order valence-corrected chi connectivity index (χ2v) is 9.47. The fourth-order valence-corrected chi connectivity index (χ4v) is 5.62. The lowest BCUT2D eigenvalue weighted by Crippen LogP contribution is -2.42. The van der Waals surface area contributed by atoms with Crippen LogP contribution in [0.15, 0.2) is 65.5 Å². The van der Waals surface area contributed by atoms with E-state index in [1.165, 1.54) is 32.1 Å². The molecule has 2 heterocycles. The summed E-state index contributed by atoms with van der Waals surface area (Å²) in [5, 5.41) is 0. The van der Waals surface area contributed by atoms with Crippen molar-refractivity contribution in [3.05, 3.63) is 99.2 Å². The average molecular weight is 428 g/mol. The number of aryl methyl sites for hydroxylation is 1. The molecular formula is C28H33N3O. The first-order chi connectivity index (χ1) is 15.7. The minimum atomic E-state index is -0.170. The maximum Gasteiger partial charge on any atom is 0.259 e. The van der Waals surface area contributed by atoms with Crippen LogP contribution in [0.25, 0.3) is 0 Å². The summed E-state index contributed by atoms with van der Waals surface area (Å²) < 4.78 is 1.92. The van der Waals surface area contributed by atoms with Crippen LogP contribution < -0.4 is 5.56 Å². The number of aromatic nitrogens is 2. The minimum Gasteiger partial charge on any atom is -0.298 e. The Hall–Kier alpha value is -2.72. The summed E-state index contributed by atoms with van der Waals surface area (Å²) in [7, 11) is 0. The lowest BCUT2D eigenvalue weighted by molar-refractivity contribution is 0.184. The number of hydrogen-bond acceptors (Lipinski definition) is 3. The second-order valence-electron chi connectivity index (χ2n) is 9.47. The molecule has 0 saturated heterocycles. The van der Waals surface area contributed by atoms with Gasteiger partial charge in [0.15, 0.2) is 0 Å². The number of nitrogens with zero attached hydrogens (tertiary/aromatic N) is 3. The van der Waals surface area contributed by atoms with E-state index < -0.39 is 0 Å². The monoisotopic (exact) mass is 427 g/mol. The lowest BCUT2D eigenvalue weighted by atomic mass is 9.88. The normalized spacial score (nSPS) is 17.4. The van der Waals surface area contributed by atoms with Crippen molar-refractivity contribution in [2.24, 2.45) is 5.92 Å². The van der Waals surface area contributed by atoms with Gasteiger partial charge in [0.05, 0.1) is 17.3 Å². The van der Waals surface area contributed by atoms with Gasteiger partial charge in [-0.1, -0.05) is 79.9 Å². The molecule has 0 N–H and O–H groups in total. The van der Waals surface area contributed by atoms with Gasteiger partial charge in [-0.05, 0) is 36.8 Å². The maximum absolute atomic E-state index is 14.0.